The Labute approximate surface area is 134 Å². The van der Waals surface area contributed by atoms with Crippen molar-refractivity contribution >= 4 is 28.7 Å². The van der Waals surface area contributed by atoms with Gasteiger partial charge >= 0.3 is 0 Å². The van der Waals surface area contributed by atoms with Gasteiger partial charge in [-0.3, -0.25) is 4.98 Å². The zero-order valence-corrected chi connectivity index (χ0v) is 13.0. The molecule has 0 aliphatic carbocycles. The van der Waals surface area contributed by atoms with Crippen LogP contribution in [-0.4, -0.2) is 15.0 Å². The number of nitrogen functional groups attached to an aromatic ring is 1. The fourth-order valence-corrected chi connectivity index (χ4v) is 2.35. The third-order valence-corrected chi connectivity index (χ3v) is 3.31. The molecule has 3 rings (SSSR count). The first-order valence-corrected chi connectivity index (χ1v) is 7.24. The number of nitrogens with zero attached hydrogens (tertiary/aromatic N) is 3. The standard InChI is InChI=1S/C17H18N6/c1-11-7-12(2)9-14(8-11)23-17-15(18)16(20-10-21-17)22-13-3-5-19-6-4-13/h3-10H,18H2,1-2H3,(H2,19,20,21,22,23). The van der Waals surface area contributed by atoms with E-state index >= 15 is 0 Å². The van der Waals surface area contributed by atoms with Crippen molar-refractivity contribution in [1.82, 2.24) is 15.0 Å². The van der Waals surface area contributed by atoms with Gasteiger partial charge < -0.3 is 16.4 Å². The van der Waals surface area contributed by atoms with E-state index in [9.17, 15) is 0 Å². The van der Waals surface area contributed by atoms with Gasteiger partial charge in [-0.2, -0.15) is 0 Å². The highest BCUT2D eigenvalue weighted by molar-refractivity contribution is 5.80. The highest BCUT2D eigenvalue weighted by atomic mass is 15.1. The molecule has 0 amide bonds. The molecule has 0 unspecified atom stereocenters. The van der Waals surface area contributed by atoms with E-state index in [0.717, 1.165) is 11.4 Å². The normalized spacial score (nSPS) is 10.3. The number of benzene rings is 1. The van der Waals surface area contributed by atoms with Gasteiger partial charge in [0.2, 0.25) is 0 Å². The van der Waals surface area contributed by atoms with Crippen LogP contribution in [-0.2, 0) is 0 Å². The van der Waals surface area contributed by atoms with E-state index in [0.29, 0.717) is 17.3 Å². The summed E-state index contributed by atoms with van der Waals surface area (Å²) in [5.41, 5.74) is 10.8. The van der Waals surface area contributed by atoms with Crippen molar-refractivity contribution in [2.75, 3.05) is 16.4 Å². The summed E-state index contributed by atoms with van der Waals surface area (Å²) in [5.74, 6) is 1.12. The van der Waals surface area contributed by atoms with Crippen molar-refractivity contribution in [3.05, 3.63) is 60.2 Å². The highest BCUT2D eigenvalue weighted by Crippen LogP contribution is 2.28. The van der Waals surface area contributed by atoms with Crippen LogP contribution in [0.5, 0.6) is 0 Å². The first-order chi connectivity index (χ1) is 11.1. The van der Waals surface area contributed by atoms with Crippen LogP contribution in [0.2, 0.25) is 0 Å². The van der Waals surface area contributed by atoms with Gasteiger partial charge in [-0.1, -0.05) is 6.07 Å². The number of aromatic nitrogens is 3. The largest absolute Gasteiger partial charge is 0.393 e. The topological polar surface area (TPSA) is 88.8 Å². The number of hydrogen-bond donors (Lipinski definition) is 3. The molecule has 0 bridgehead atoms. The number of nitrogens with one attached hydrogen (secondary N) is 2. The van der Waals surface area contributed by atoms with Gasteiger partial charge in [0.15, 0.2) is 11.6 Å². The summed E-state index contributed by atoms with van der Waals surface area (Å²) >= 11 is 0. The summed E-state index contributed by atoms with van der Waals surface area (Å²) in [6, 6.07) is 9.90. The summed E-state index contributed by atoms with van der Waals surface area (Å²) in [5, 5.41) is 6.42. The molecule has 0 spiro atoms. The van der Waals surface area contributed by atoms with E-state index in [2.05, 4.69) is 45.5 Å². The molecule has 0 atom stereocenters. The fraction of sp³-hybridized carbons (Fsp3) is 0.118. The van der Waals surface area contributed by atoms with Crippen molar-refractivity contribution in [2.45, 2.75) is 13.8 Å². The molecular weight excluding hydrogens is 288 g/mol. The molecule has 23 heavy (non-hydrogen) atoms. The molecule has 0 radical (unpaired) electrons. The Morgan fingerprint density at radius 1 is 0.826 bits per heavy atom. The van der Waals surface area contributed by atoms with Crippen LogP contribution in [0.25, 0.3) is 0 Å². The number of rotatable bonds is 4. The highest BCUT2D eigenvalue weighted by Gasteiger charge is 2.09. The van der Waals surface area contributed by atoms with E-state index in [1.807, 2.05) is 24.3 Å². The van der Waals surface area contributed by atoms with Crippen LogP contribution in [0, 0.1) is 13.8 Å². The van der Waals surface area contributed by atoms with E-state index in [1.54, 1.807) is 12.4 Å². The minimum Gasteiger partial charge on any atom is -0.393 e. The lowest BCUT2D eigenvalue weighted by molar-refractivity contribution is 1.17. The lowest BCUT2D eigenvalue weighted by Gasteiger charge is -2.13. The molecule has 2 heterocycles. The van der Waals surface area contributed by atoms with E-state index in [1.165, 1.54) is 17.5 Å². The predicted molar refractivity (Wildman–Crippen MR) is 93.2 cm³/mol. The molecule has 0 saturated carbocycles. The van der Waals surface area contributed by atoms with E-state index in [-0.39, 0.29) is 0 Å². The second kappa shape index (κ2) is 6.31. The molecule has 1 aromatic carbocycles. The second-order valence-electron chi connectivity index (χ2n) is 5.35. The smallest absolute Gasteiger partial charge is 0.159 e. The van der Waals surface area contributed by atoms with Crippen LogP contribution in [0.1, 0.15) is 11.1 Å². The Morgan fingerprint density at radius 2 is 1.39 bits per heavy atom. The molecule has 0 fully saturated rings. The Bertz CT molecular complexity index is 796. The van der Waals surface area contributed by atoms with Gasteiger partial charge in [0.25, 0.3) is 0 Å². The van der Waals surface area contributed by atoms with Crippen LogP contribution in [0.4, 0.5) is 28.7 Å². The van der Waals surface area contributed by atoms with Crippen LogP contribution in [0.15, 0.2) is 49.1 Å². The van der Waals surface area contributed by atoms with Gasteiger partial charge in [0.1, 0.15) is 12.0 Å². The number of nitrogens with two attached hydrogens (primary N) is 1. The van der Waals surface area contributed by atoms with Gasteiger partial charge in [-0.05, 0) is 49.2 Å². The molecule has 0 aliphatic rings. The third-order valence-electron chi connectivity index (χ3n) is 3.31. The molecular formula is C17H18N6. The molecule has 0 aliphatic heterocycles. The zero-order chi connectivity index (χ0) is 16.2. The second-order valence-corrected chi connectivity index (χ2v) is 5.35. The van der Waals surface area contributed by atoms with Gasteiger partial charge in [0.05, 0.1) is 0 Å². The monoisotopic (exact) mass is 306 g/mol. The summed E-state index contributed by atoms with van der Waals surface area (Å²) in [6.45, 7) is 4.11. The fourth-order valence-electron chi connectivity index (χ4n) is 2.35. The Morgan fingerprint density at radius 3 is 2.00 bits per heavy atom. The van der Waals surface area contributed by atoms with Crippen molar-refractivity contribution in [3.8, 4) is 0 Å². The Kier molecular flexibility index (Phi) is 4.05. The average Bonchev–Trinajstić information content (AvgIpc) is 2.51. The van der Waals surface area contributed by atoms with Crippen molar-refractivity contribution < 1.29 is 0 Å². The quantitative estimate of drug-likeness (QED) is 0.683. The molecule has 116 valence electrons. The zero-order valence-electron chi connectivity index (χ0n) is 13.0. The number of anilines is 5. The Hall–Kier alpha value is -3.15. The molecule has 6 heteroatoms. The average molecular weight is 306 g/mol. The first kappa shape index (κ1) is 14.8. The van der Waals surface area contributed by atoms with Crippen LogP contribution in [0.3, 0.4) is 0 Å². The molecule has 3 aromatic rings. The minimum atomic E-state index is 0.462. The maximum Gasteiger partial charge on any atom is 0.159 e. The summed E-state index contributed by atoms with van der Waals surface area (Å²) < 4.78 is 0. The minimum absolute atomic E-state index is 0.462. The maximum atomic E-state index is 6.19. The first-order valence-electron chi connectivity index (χ1n) is 7.24. The van der Waals surface area contributed by atoms with Crippen LogP contribution < -0.4 is 16.4 Å². The number of pyridine rings is 1. The molecule has 2 aromatic heterocycles. The molecule has 0 saturated heterocycles. The Balaban J connectivity index is 1.87. The van der Waals surface area contributed by atoms with E-state index in [4.69, 9.17) is 5.73 Å². The summed E-state index contributed by atoms with van der Waals surface area (Å²) in [6.07, 6.45) is 4.88. The lowest BCUT2D eigenvalue weighted by Crippen LogP contribution is -2.05. The van der Waals surface area contributed by atoms with Crippen LogP contribution >= 0.6 is 0 Å². The number of hydrogen-bond acceptors (Lipinski definition) is 6. The summed E-state index contributed by atoms with van der Waals surface area (Å²) in [4.78, 5) is 12.4. The predicted octanol–water partition coefficient (Wildman–Crippen LogP) is 3.56. The summed E-state index contributed by atoms with van der Waals surface area (Å²) in [7, 11) is 0. The van der Waals surface area contributed by atoms with Gasteiger partial charge in [0, 0.05) is 23.8 Å². The van der Waals surface area contributed by atoms with E-state index < -0.39 is 0 Å². The van der Waals surface area contributed by atoms with Crippen molar-refractivity contribution in [2.24, 2.45) is 0 Å². The van der Waals surface area contributed by atoms with Crippen molar-refractivity contribution in [3.63, 3.8) is 0 Å². The van der Waals surface area contributed by atoms with Gasteiger partial charge in [-0.15, -0.1) is 0 Å². The molecule has 6 nitrogen and oxygen atoms in total. The maximum absolute atomic E-state index is 6.19. The number of aryl methyl sites for hydroxylation is 2. The SMILES string of the molecule is Cc1cc(C)cc(Nc2ncnc(Nc3ccncc3)c2N)c1. The third kappa shape index (κ3) is 3.55. The van der Waals surface area contributed by atoms with Crippen molar-refractivity contribution in [1.29, 1.82) is 0 Å². The molecule has 4 N–H and O–H groups in total. The lowest BCUT2D eigenvalue weighted by atomic mass is 10.1. The van der Waals surface area contributed by atoms with Gasteiger partial charge in [-0.25, -0.2) is 9.97 Å².